The standard InChI is InChI=1S/C9H13N3OS/c1-10-7-2-3-11-8(6-7)9(13)12-4-5-14/h2-3,6,14H,4-5H2,1H3,(H,10,11)(H,12,13). The molecule has 0 unspecified atom stereocenters. The van der Waals surface area contributed by atoms with Gasteiger partial charge in [-0.3, -0.25) is 9.78 Å². The summed E-state index contributed by atoms with van der Waals surface area (Å²) in [5.74, 6) is 0.452. The van der Waals surface area contributed by atoms with Crippen LogP contribution in [0.15, 0.2) is 18.3 Å². The number of pyridine rings is 1. The molecule has 1 heterocycles. The number of hydrogen-bond acceptors (Lipinski definition) is 4. The highest BCUT2D eigenvalue weighted by Gasteiger charge is 2.05. The molecule has 0 bridgehead atoms. The molecule has 76 valence electrons. The number of rotatable bonds is 4. The molecule has 0 aromatic carbocycles. The first-order valence-corrected chi connectivity index (χ1v) is 4.94. The maximum atomic E-state index is 11.4. The first-order chi connectivity index (χ1) is 6.77. The molecule has 1 rings (SSSR count). The predicted octanol–water partition coefficient (Wildman–Crippen LogP) is 0.783. The molecule has 0 spiro atoms. The second-order valence-corrected chi connectivity index (χ2v) is 3.11. The van der Waals surface area contributed by atoms with Gasteiger partial charge in [0.1, 0.15) is 5.69 Å². The topological polar surface area (TPSA) is 54.0 Å². The lowest BCUT2D eigenvalue weighted by Crippen LogP contribution is -2.26. The molecule has 0 atom stereocenters. The zero-order chi connectivity index (χ0) is 10.4. The Balaban J connectivity index is 2.69. The van der Waals surface area contributed by atoms with E-state index in [0.29, 0.717) is 18.0 Å². The molecule has 0 aliphatic carbocycles. The first kappa shape index (κ1) is 10.8. The van der Waals surface area contributed by atoms with E-state index >= 15 is 0 Å². The maximum Gasteiger partial charge on any atom is 0.269 e. The SMILES string of the molecule is CNc1ccnc(C(=O)NCCS)c1. The summed E-state index contributed by atoms with van der Waals surface area (Å²) in [5, 5.41) is 5.64. The van der Waals surface area contributed by atoms with E-state index in [4.69, 9.17) is 0 Å². The van der Waals surface area contributed by atoms with Crippen LogP contribution in [0.25, 0.3) is 0 Å². The van der Waals surface area contributed by atoms with Gasteiger partial charge in [-0.15, -0.1) is 0 Å². The highest BCUT2D eigenvalue weighted by atomic mass is 32.1. The predicted molar refractivity (Wildman–Crippen MR) is 60.0 cm³/mol. The smallest absolute Gasteiger partial charge is 0.269 e. The lowest BCUT2D eigenvalue weighted by Gasteiger charge is -2.04. The fourth-order valence-electron chi connectivity index (χ4n) is 0.970. The number of amides is 1. The Bertz CT molecular complexity index is 317. The van der Waals surface area contributed by atoms with E-state index < -0.39 is 0 Å². The molecule has 2 N–H and O–H groups in total. The van der Waals surface area contributed by atoms with Crippen LogP contribution in [0.1, 0.15) is 10.5 Å². The summed E-state index contributed by atoms with van der Waals surface area (Å²) in [6.45, 7) is 0.549. The highest BCUT2D eigenvalue weighted by Crippen LogP contribution is 2.06. The zero-order valence-corrected chi connectivity index (χ0v) is 8.84. The fraction of sp³-hybridized carbons (Fsp3) is 0.333. The molecule has 1 amide bonds. The zero-order valence-electron chi connectivity index (χ0n) is 7.95. The van der Waals surface area contributed by atoms with Gasteiger partial charge in [-0.05, 0) is 12.1 Å². The van der Waals surface area contributed by atoms with Crippen molar-refractivity contribution in [3.63, 3.8) is 0 Å². The van der Waals surface area contributed by atoms with E-state index in [1.54, 1.807) is 25.4 Å². The van der Waals surface area contributed by atoms with Crippen LogP contribution in [0.2, 0.25) is 0 Å². The van der Waals surface area contributed by atoms with Crippen molar-refractivity contribution in [2.24, 2.45) is 0 Å². The van der Waals surface area contributed by atoms with Crippen molar-refractivity contribution < 1.29 is 4.79 Å². The highest BCUT2D eigenvalue weighted by molar-refractivity contribution is 7.80. The third kappa shape index (κ3) is 2.92. The van der Waals surface area contributed by atoms with Gasteiger partial charge in [-0.1, -0.05) is 0 Å². The minimum Gasteiger partial charge on any atom is -0.388 e. The van der Waals surface area contributed by atoms with Gasteiger partial charge in [0.25, 0.3) is 5.91 Å². The van der Waals surface area contributed by atoms with E-state index in [2.05, 4.69) is 28.2 Å². The number of nitrogens with zero attached hydrogens (tertiary/aromatic N) is 1. The largest absolute Gasteiger partial charge is 0.388 e. The fourth-order valence-corrected chi connectivity index (χ4v) is 1.08. The van der Waals surface area contributed by atoms with Crippen molar-refractivity contribution in [1.82, 2.24) is 10.3 Å². The number of nitrogens with one attached hydrogen (secondary N) is 2. The minimum atomic E-state index is -0.170. The van der Waals surface area contributed by atoms with Crippen molar-refractivity contribution in [3.8, 4) is 0 Å². The monoisotopic (exact) mass is 211 g/mol. The lowest BCUT2D eigenvalue weighted by atomic mass is 10.3. The van der Waals surface area contributed by atoms with Crippen LogP contribution < -0.4 is 10.6 Å². The maximum absolute atomic E-state index is 11.4. The molecule has 0 aliphatic rings. The molecule has 1 aromatic heterocycles. The normalized spacial score (nSPS) is 9.57. The van der Waals surface area contributed by atoms with Gasteiger partial charge in [-0.2, -0.15) is 12.6 Å². The van der Waals surface area contributed by atoms with E-state index in [1.165, 1.54) is 0 Å². The van der Waals surface area contributed by atoms with Gasteiger partial charge in [0.05, 0.1) is 0 Å². The van der Waals surface area contributed by atoms with Crippen molar-refractivity contribution >= 4 is 24.2 Å². The van der Waals surface area contributed by atoms with Gasteiger partial charge in [0, 0.05) is 31.2 Å². The Morgan fingerprint density at radius 3 is 3.07 bits per heavy atom. The minimum absolute atomic E-state index is 0.170. The second-order valence-electron chi connectivity index (χ2n) is 2.66. The lowest BCUT2D eigenvalue weighted by molar-refractivity contribution is 0.0951. The molecule has 0 saturated heterocycles. The van der Waals surface area contributed by atoms with Gasteiger partial charge in [0.2, 0.25) is 0 Å². The number of hydrogen-bond donors (Lipinski definition) is 3. The third-order valence-electron chi connectivity index (χ3n) is 1.68. The van der Waals surface area contributed by atoms with Gasteiger partial charge < -0.3 is 10.6 Å². The van der Waals surface area contributed by atoms with Gasteiger partial charge >= 0.3 is 0 Å². The van der Waals surface area contributed by atoms with Crippen LogP contribution in [0.4, 0.5) is 5.69 Å². The van der Waals surface area contributed by atoms with E-state index in [0.717, 1.165) is 5.69 Å². The van der Waals surface area contributed by atoms with Crippen LogP contribution in [0.3, 0.4) is 0 Å². The molecule has 0 aliphatic heterocycles. The average Bonchev–Trinajstić information content (AvgIpc) is 2.26. The number of anilines is 1. The number of carbonyl (C=O) groups excluding carboxylic acids is 1. The Hall–Kier alpha value is -1.23. The summed E-state index contributed by atoms with van der Waals surface area (Å²) < 4.78 is 0. The van der Waals surface area contributed by atoms with E-state index in [-0.39, 0.29) is 5.91 Å². The Kier molecular flexibility index (Phi) is 4.25. The summed E-state index contributed by atoms with van der Waals surface area (Å²) in [7, 11) is 1.80. The molecule has 1 aromatic rings. The van der Waals surface area contributed by atoms with E-state index in [1.807, 2.05) is 0 Å². The van der Waals surface area contributed by atoms with Gasteiger partial charge in [-0.25, -0.2) is 0 Å². The van der Waals surface area contributed by atoms with Crippen molar-refractivity contribution in [3.05, 3.63) is 24.0 Å². The van der Waals surface area contributed by atoms with Crippen molar-refractivity contribution in [1.29, 1.82) is 0 Å². The molecule has 0 radical (unpaired) electrons. The molecule has 0 fully saturated rings. The van der Waals surface area contributed by atoms with Crippen LogP contribution in [0, 0.1) is 0 Å². The summed E-state index contributed by atoms with van der Waals surface area (Å²) in [6.07, 6.45) is 1.60. The molecule has 5 heteroatoms. The molecule has 0 saturated carbocycles. The number of carbonyl (C=O) groups is 1. The Morgan fingerprint density at radius 2 is 2.43 bits per heavy atom. The van der Waals surface area contributed by atoms with Crippen molar-refractivity contribution in [2.45, 2.75) is 0 Å². The van der Waals surface area contributed by atoms with Gasteiger partial charge in [0.15, 0.2) is 0 Å². The molecular formula is C9H13N3OS. The summed E-state index contributed by atoms with van der Waals surface area (Å²) in [4.78, 5) is 15.4. The number of aromatic nitrogens is 1. The van der Waals surface area contributed by atoms with Crippen LogP contribution in [-0.2, 0) is 0 Å². The summed E-state index contributed by atoms with van der Waals surface area (Å²) in [6, 6.07) is 3.50. The third-order valence-corrected chi connectivity index (χ3v) is 1.90. The molecule has 4 nitrogen and oxygen atoms in total. The Labute approximate surface area is 88.5 Å². The number of thiol groups is 1. The second kappa shape index (κ2) is 5.49. The summed E-state index contributed by atoms with van der Waals surface area (Å²) in [5.41, 5.74) is 1.29. The summed E-state index contributed by atoms with van der Waals surface area (Å²) >= 11 is 4.00. The molecule has 14 heavy (non-hydrogen) atoms. The Morgan fingerprint density at radius 1 is 1.64 bits per heavy atom. The first-order valence-electron chi connectivity index (χ1n) is 4.31. The van der Waals surface area contributed by atoms with Crippen LogP contribution in [-0.4, -0.2) is 30.2 Å². The molecular weight excluding hydrogens is 198 g/mol. The van der Waals surface area contributed by atoms with E-state index in [9.17, 15) is 4.79 Å². The van der Waals surface area contributed by atoms with Crippen LogP contribution >= 0.6 is 12.6 Å². The quantitative estimate of drug-likeness (QED) is 0.645. The van der Waals surface area contributed by atoms with Crippen LogP contribution in [0.5, 0.6) is 0 Å². The average molecular weight is 211 g/mol. The van der Waals surface area contributed by atoms with Crippen molar-refractivity contribution in [2.75, 3.05) is 24.7 Å².